The molecule has 0 bridgehead atoms. The Morgan fingerprint density at radius 2 is 2.29 bits per heavy atom. The third kappa shape index (κ3) is 3.14. The zero-order valence-electron chi connectivity index (χ0n) is 8.39. The summed E-state index contributed by atoms with van der Waals surface area (Å²) in [6.45, 7) is 3.41. The lowest BCUT2D eigenvalue weighted by Gasteiger charge is -2.11. The van der Waals surface area contributed by atoms with Gasteiger partial charge in [0.05, 0.1) is 25.9 Å². The molecule has 0 saturated heterocycles. The third-order valence-electron chi connectivity index (χ3n) is 2.00. The van der Waals surface area contributed by atoms with Gasteiger partial charge in [-0.2, -0.15) is 0 Å². The van der Waals surface area contributed by atoms with Gasteiger partial charge in [-0.1, -0.05) is 0 Å². The number of ether oxygens (including phenoxy) is 1. The monoisotopic (exact) mass is 199 g/mol. The minimum atomic E-state index is -0.456. The maximum Gasteiger partial charge on any atom is 0.0911 e. The van der Waals surface area contributed by atoms with Gasteiger partial charge in [-0.3, -0.25) is 0 Å². The van der Waals surface area contributed by atoms with Gasteiger partial charge in [0.25, 0.3) is 0 Å². The molecular weight excluding hydrogens is 182 g/mol. The number of aliphatic hydroxyl groups excluding tert-OH is 2. The van der Waals surface area contributed by atoms with Gasteiger partial charge < -0.3 is 19.5 Å². The average molecular weight is 199 g/mol. The number of aromatic nitrogens is 1. The van der Waals surface area contributed by atoms with Crippen LogP contribution in [-0.2, 0) is 11.3 Å². The fourth-order valence-corrected chi connectivity index (χ4v) is 1.34. The van der Waals surface area contributed by atoms with Gasteiger partial charge >= 0.3 is 0 Å². The van der Waals surface area contributed by atoms with Crippen molar-refractivity contribution in [2.45, 2.75) is 19.6 Å². The van der Waals surface area contributed by atoms with Gasteiger partial charge in [0.1, 0.15) is 0 Å². The standard InChI is InChI=1S/C10H17NO3/c1-9(13)10-3-2-4-11(10)5-7-14-8-6-12/h2-4,9,12-13H,5-8H2,1H3. The molecule has 14 heavy (non-hydrogen) atoms. The summed E-state index contributed by atoms with van der Waals surface area (Å²) < 4.78 is 7.08. The average Bonchev–Trinajstić information content (AvgIpc) is 2.60. The summed E-state index contributed by atoms with van der Waals surface area (Å²) in [6.07, 6.45) is 1.45. The lowest BCUT2D eigenvalue weighted by molar-refractivity contribution is 0.0852. The molecule has 1 aromatic rings. The van der Waals surface area contributed by atoms with E-state index in [9.17, 15) is 5.11 Å². The van der Waals surface area contributed by atoms with Crippen LogP contribution in [0.3, 0.4) is 0 Å². The molecule has 0 amide bonds. The summed E-state index contributed by atoms with van der Waals surface area (Å²) in [6, 6.07) is 3.78. The molecule has 0 aliphatic carbocycles. The van der Waals surface area contributed by atoms with E-state index in [1.807, 2.05) is 22.9 Å². The zero-order chi connectivity index (χ0) is 10.4. The Morgan fingerprint density at radius 1 is 1.50 bits per heavy atom. The number of aliphatic hydroxyl groups is 2. The Hall–Kier alpha value is -0.840. The molecule has 1 atom stereocenters. The van der Waals surface area contributed by atoms with E-state index in [0.717, 1.165) is 5.69 Å². The van der Waals surface area contributed by atoms with E-state index < -0.39 is 6.10 Å². The van der Waals surface area contributed by atoms with Crippen molar-refractivity contribution in [1.29, 1.82) is 0 Å². The van der Waals surface area contributed by atoms with E-state index in [2.05, 4.69) is 0 Å². The van der Waals surface area contributed by atoms with Crippen molar-refractivity contribution in [2.24, 2.45) is 0 Å². The van der Waals surface area contributed by atoms with Gasteiger partial charge in [-0.25, -0.2) is 0 Å². The summed E-state index contributed by atoms with van der Waals surface area (Å²) >= 11 is 0. The second-order valence-electron chi connectivity index (χ2n) is 3.14. The van der Waals surface area contributed by atoms with E-state index >= 15 is 0 Å². The summed E-state index contributed by atoms with van der Waals surface area (Å²) in [5.74, 6) is 0. The molecule has 2 N–H and O–H groups in total. The van der Waals surface area contributed by atoms with Crippen LogP contribution < -0.4 is 0 Å². The maximum atomic E-state index is 9.39. The zero-order valence-corrected chi connectivity index (χ0v) is 8.39. The van der Waals surface area contributed by atoms with Crippen LogP contribution in [0.5, 0.6) is 0 Å². The Labute approximate surface area is 83.7 Å². The molecule has 0 aliphatic heterocycles. The second kappa shape index (κ2) is 5.80. The van der Waals surface area contributed by atoms with E-state index in [4.69, 9.17) is 9.84 Å². The van der Waals surface area contributed by atoms with Crippen LogP contribution in [0.2, 0.25) is 0 Å². The smallest absolute Gasteiger partial charge is 0.0911 e. The van der Waals surface area contributed by atoms with Gasteiger partial charge in [-0.15, -0.1) is 0 Å². The largest absolute Gasteiger partial charge is 0.394 e. The van der Waals surface area contributed by atoms with Gasteiger partial charge in [0, 0.05) is 18.4 Å². The normalized spacial score (nSPS) is 13.1. The molecule has 0 radical (unpaired) electrons. The van der Waals surface area contributed by atoms with Crippen LogP contribution >= 0.6 is 0 Å². The Kier molecular flexibility index (Phi) is 4.65. The molecule has 0 saturated carbocycles. The van der Waals surface area contributed by atoms with Crippen LogP contribution in [0.25, 0.3) is 0 Å². The van der Waals surface area contributed by atoms with Gasteiger partial charge in [-0.05, 0) is 19.1 Å². The minimum Gasteiger partial charge on any atom is -0.394 e. The third-order valence-corrected chi connectivity index (χ3v) is 2.00. The number of hydrogen-bond acceptors (Lipinski definition) is 3. The number of nitrogens with zero attached hydrogens (tertiary/aromatic N) is 1. The Bertz CT molecular complexity index is 258. The molecule has 1 rings (SSSR count). The highest BCUT2D eigenvalue weighted by Crippen LogP contribution is 2.12. The first-order valence-electron chi connectivity index (χ1n) is 4.77. The Morgan fingerprint density at radius 3 is 2.93 bits per heavy atom. The van der Waals surface area contributed by atoms with E-state index in [-0.39, 0.29) is 6.61 Å². The van der Waals surface area contributed by atoms with Crippen molar-refractivity contribution >= 4 is 0 Å². The van der Waals surface area contributed by atoms with E-state index in [0.29, 0.717) is 19.8 Å². The highest BCUT2D eigenvalue weighted by Gasteiger charge is 2.05. The maximum absolute atomic E-state index is 9.39. The molecule has 1 aromatic heterocycles. The molecule has 1 heterocycles. The second-order valence-corrected chi connectivity index (χ2v) is 3.14. The quantitative estimate of drug-likeness (QED) is 0.658. The van der Waals surface area contributed by atoms with E-state index in [1.165, 1.54) is 0 Å². The van der Waals surface area contributed by atoms with Crippen molar-refractivity contribution in [3.8, 4) is 0 Å². The molecule has 4 nitrogen and oxygen atoms in total. The fraction of sp³-hybridized carbons (Fsp3) is 0.600. The molecule has 4 heteroatoms. The van der Waals surface area contributed by atoms with E-state index in [1.54, 1.807) is 6.92 Å². The van der Waals surface area contributed by atoms with Crippen LogP contribution in [-0.4, -0.2) is 34.6 Å². The summed E-state index contributed by atoms with van der Waals surface area (Å²) in [5, 5.41) is 17.9. The van der Waals surface area contributed by atoms with Crippen molar-refractivity contribution in [3.05, 3.63) is 24.0 Å². The summed E-state index contributed by atoms with van der Waals surface area (Å²) in [5.41, 5.74) is 0.887. The fourth-order valence-electron chi connectivity index (χ4n) is 1.34. The summed E-state index contributed by atoms with van der Waals surface area (Å²) in [7, 11) is 0. The first kappa shape index (κ1) is 11.2. The van der Waals surface area contributed by atoms with Crippen molar-refractivity contribution in [3.63, 3.8) is 0 Å². The van der Waals surface area contributed by atoms with Crippen LogP contribution in [0.1, 0.15) is 18.7 Å². The minimum absolute atomic E-state index is 0.0505. The molecule has 0 fully saturated rings. The molecule has 80 valence electrons. The highest BCUT2D eigenvalue weighted by molar-refractivity contribution is 5.09. The highest BCUT2D eigenvalue weighted by atomic mass is 16.5. The molecule has 1 unspecified atom stereocenters. The lowest BCUT2D eigenvalue weighted by atomic mass is 10.3. The first-order valence-corrected chi connectivity index (χ1v) is 4.77. The molecule has 0 aliphatic rings. The van der Waals surface area contributed by atoms with Gasteiger partial charge in [0.2, 0.25) is 0 Å². The molecule has 0 spiro atoms. The van der Waals surface area contributed by atoms with Crippen molar-refractivity contribution < 1.29 is 14.9 Å². The number of rotatable bonds is 6. The van der Waals surface area contributed by atoms with Crippen molar-refractivity contribution in [2.75, 3.05) is 19.8 Å². The SMILES string of the molecule is CC(O)c1cccn1CCOCCO. The van der Waals surface area contributed by atoms with Crippen LogP contribution in [0, 0.1) is 0 Å². The van der Waals surface area contributed by atoms with Crippen molar-refractivity contribution in [1.82, 2.24) is 4.57 Å². The van der Waals surface area contributed by atoms with Crippen LogP contribution in [0.4, 0.5) is 0 Å². The molecule has 0 aromatic carbocycles. The molecular formula is C10H17NO3. The van der Waals surface area contributed by atoms with Gasteiger partial charge in [0.15, 0.2) is 0 Å². The predicted octanol–water partition coefficient (Wildman–Crippen LogP) is 0.550. The van der Waals surface area contributed by atoms with Crippen LogP contribution in [0.15, 0.2) is 18.3 Å². The lowest BCUT2D eigenvalue weighted by Crippen LogP contribution is -2.11. The first-order chi connectivity index (χ1) is 6.75. The predicted molar refractivity (Wildman–Crippen MR) is 53.0 cm³/mol. The topological polar surface area (TPSA) is 54.6 Å². The number of hydrogen-bond donors (Lipinski definition) is 2. The Balaban J connectivity index is 2.38. The summed E-state index contributed by atoms with van der Waals surface area (Å²) in [4.78, 5) is 0.